The molecule has 0 amide bonds. The lowest BCUT2D eigenvalue weighted by Crippen LogP contribution is -2.37. The summed E-state index contributed by atoms with van der Waals surface area (Å²) < 4.78 is 46.1. The van der Waals surface area contributed by atoms with Crippen LogP contribution >= 0.6 is 0 Å². The van der Waals surface area contributed by atoms with Crippen molar-refractivity contribution in [3.63, 3.8) is 0 Å². The second kappa shape index (κ2) is 8.79. The molecule has 8 heteroatoms. The molecule has 0 spiro atoms. The van der Waals surface area contributed by atoms with E-state index in [1.54, 1.807) is 0 Å². The quantitative estimate of drug-likeness (QED) is 0.713. The number of nitrogens with zero attached hydrogens (tertiary/aromatic N) is 1. The van der Waals surface area contributed by atoms with Crippen molar-refractivity contribution in [3.8, 4) is 5.75 Å². The fourth-order valence-corrected chi connectivity index (χ4v) is 4.40. The highest BCUT2D eigenvalue weighted by atomic mass is 32.2. The number of halogens is 1. The first-order valence-electron chi connectivity index (χ1n) is 8.79. The van der Waals surface area contributed by atoms with Gasteiger partial charge in [-0.25, -0.2) is 17.5 Å². The Morgan fingerprint density at radius 3 is 2.70 bits per heavy atom. The summed E-state index contributed by atoms with van der Waals surface area (Å²) in [7, 11) is -3.73. The molecule has 0 aliphatic carbocycles. The number of sulfonamides is 1. The fraction of sp³-hybridized carbons (Fsp3) is 0.368. The Morgan fingerprint density at radius 2 is 2.00 bits per heavy atom. The number of aliphatic hydroxyl groups is 1. The maximum atomic E-state index is 13.3. The summed E-state index contributed by atoms with van der Waals surface area (Å²) in [5.74, 6) is 0.132. The lowest BCUT2D eigenvalue weighted by atomic mass is 10.2. The second-order valence-electron chi connectivity index (χ2n) is 6.52. The van der Waals surface area contributed by atoms with Crippen LogP contribution < -0.4 is 9.46 Å². The highest BCUT2D eigenvalue weighted by Crippen LogP contribution is 2.19. The second-order valence-corrected chi connectivity index (χ2v) is 8.23. The lowest BCUT2D eigenvalue weighted by Gasteiger charge is -2.17. The van der Waals surface area contributed by atoms with Gasteiger partial charge in [0.15, 0.2) is 0 Å². The predicted octanol–water partition coefficient (Wildman–Crippen LogP) is 1.75. The van der Waals surface area contributed by atoms with Crippen LogP contribution in [0.4, 0.5) is 4.39 Å². The first-order chi connectivity index (χ1) is 13.0. The van der Waals surface area contributed by atoms with E-state index in [0.717, 1.165) is 18.2 Å². The van der Waals surface area contributed by atoms with E-state index in [2.05, 4.69) is 9.62 Å². The number of aliphatic hydroxyl groups excluding tert-OH is 1. The summed E-state index contributed by atoms with van der Waals surface area (Å²) in [6, 6.07) is 12.4. The van der Waals surface area contributed by atoms with Crippen LogP contribution in [0.5, 0.6) is 5.75 Å². The zero-order valence-corrected chi connectivity index (χ0v) is 15.7. The largest absolute Gasteiger partial charge is 0.491 e. The summed E-state index contributed by atoms with van der Waals surface area (Å²) in [6.07, 6.45) is 0.701. The SMILES string of the molecule is O=S(=O)(N[C@@H]1CCN(Cc2ccc(OCCO)cc2)C1)c1cccc(F)c1. The van der Waals surface area contributed by atoms with Crippen LogP contribution in [0.3, 0.4) is 0 Å². The monoisotopic (exact) mass is 394 g/mol. The van der Waals surface area contributed by atoms with Crippen molar-refractivity contribution >= 4 is 10.0 Å². The smallest absolute Gasteiger partial charge is 0.240 e. The number of likely N-dealkylation sites (tertiary alicyclic amines) is 1. The third kappa shape index (κ3) is 5.49. The Hall–Kier alpha value is -2.00. The van der Waals surface area contributed by atoms with Gasteiger partial charge >= 0.3 is 0 Å². The predicted molar refractivity (Wildman–Crippen MR) is 99.4 cm³/mol. The summed E-state index contributed by atoms with van der Waals surface area (Å²) >= 11 is 0. The van der Waals surface area contributed by atoms with Crippen molar-refractivity contribution in [2.24, 2.45) is 0 Å². The molecule has 1 aliphatic rings. The molecule has 0 bridgehead atoms. The molecule has 27 heavy (non-hydrogen) atoms. The van der Waals surface area contributed by atoms with E-state index >= 15 is 0 Å². The first-order valence-corrected chi connectivity index (χ1v) is 10.3. The minimum Gasteiger partial charge on any atom is -0.491 e. The van der Waals surface area contributed by atoms with Gasteiger partial charge in [-0.05, 0) is 42.3 Å². The van der Waals surface area contributed by atoms with E-state index in [1.807, 2.05) is 24.3 Å². The number of benzene rings is 2. The Balaban J connectivity index is 1.54. The fourth-order valence-electron chi connectivity index (χ4n) is 3.11. The molecule has 1 aliphatic heterocycles. The molecule has 0 unspecified atom stereocenters. The Morgan fingerprint density at radius 1 is 1.22 bits per heavy atom. The number of ether oxygens (including phenoxy) is 1. The van der Waals surface area contributed by atoms with Crippen molar-refractivity contribution in [1.82, 2.24) is 9.62 Å². The summed E-state index contributed by atoms with van der Waals surface area (Å²) in [5.41, 5.74) is 1.10. The van der Waals surface area contributed by atoms with Crippen molar-refractivity contribution in [2.45, 2.75) is 23.9 Å². The first kappa shape index (κ1) is 19.8. The van der Waals surface area contributed by atoms with Gasteiger partial charge in [-0.15, -0.1) is 0 Å². The molecule has 2 aromatic rings. The molecule has 0 saturated carbocycles. The van der Waals surface area contributed by atoms with E-state index in [1.165, 1.54) is 18.2 Å². The van der Waals surface area contributed by atoms with E-state index in [4.69, 9.17) is 9.84 Å². The molecule has 1 saturated heterocycles. The number of hydrogen-bond donors (Lipinski definition) is 2. The maximum Gasteiger partial charge on any atom is 0.240 e. The van der Waals surface area contributed by atoms with Gasteiger partial charge in [0.2, 0.25) is 10.0 Å². The van der Waals surface area contributed by atoms with Crippen LogP contribution in [-0.4, -0.2) is 50.8 Å². The molecule has 6 nitrogen and oxygen atoms in total. The van der Waals surface area contributed by atoms with Gasteiger partial charge in [-0.3, -0.25) is 4.90 Å². The van der Waals surface area contributed by atoms with Gasteiger partial charge in [-0.1, -0.05) is 18.2 Å². The topological polar surface area (TPSA) is 78.9 Å². The van der Waals surface area contributed by atoms with Crippen LogP contribution in [0.15, 0.2) is 53.4 Å². The van der Waals surface area contributed by atoms with Crippen molar-refractivity contribution < 1.29 is 22.7 Å². The summed E-state index contributed by atoms with van der Waals surface area (Å²) in [4.78, 5) is 2.11. The van der Waals surface area contributed by atoms with Crippen LogP contribution in [0, 0.1) is 5.82 Å². The number of nitrogens with one attached hydrogen (secondary N) is 1. The molecule has 0 aromatic heterocycles. The molecular formula is C19H23FN2O4S. The van der Waals surface area contributed by atoms with Gasteiger partial charge in [0.05, 0.1) is 11.5 Å². The van der Waals surface area contributed by atoms with Crippen molar-refractivity contribution in [3.05, 3.63) is 59.9 Å². The third-order valence-electron chi connectivity index (χ3n) is 4.39. The van der Waals surface area contributed by atoms with E-state index in [9.17, 15) is 12.8 Å². The van der Waals surface area contributed by atoms with E-state index in [0.29, 0.717) is 25.3 Å². The summed E-state index contributed by atoms with van der Waals surface area (Å²) in [6.45, 7) is 2.32. The number of rotatable bonds is 8. The number of hydrogen-bond acceptors (Lipinski definition) is 5. The maximum absolute atomic E-state index is 13.3. The van der Waals surface area contributed by atoms with Gasteiger partial charge in [0.1, 0.15) is 18.2 Å². The molecule has 1 heterocycles. The van der Waals surface area contributed by atoms with Crippen LogP contribution in [0.25, 0.3) is 0 Å². The zero-order valence-electron chi connectivity index (χ0n) is 14.8. The van der Waals surface area contributed by atoms with E-state index in [-0.39, 0.29) is 24.2 Å². The molecule has 1 fully saturated rings. The Kier molecular flexibility index (Phi) is 6.43. The molecule has 1 atom stereocenters. The molecule has 146 valence electrons. The van der Waals surface area contributed by atoms with Gasteiger partial charge in [0, 0.05) is 25.7 Å². The molecule has 2 N–H and O–H groups in total. The van der Waals surface area contributed by atoms with E-state index < -0.39 is 15.8 Å². The lowest BCUT2D eigenvalue weighted by molar-refractivity contribution is 0.201. The standard InChI is InChI=1S/C19H23FN2O4S/c20-16-2-1-3-19(12-16)27(24,25)21-17-8-9-22(14-17)13-15-4-6-18(7-5-15)26-11-10-23/h1-7,12,17,21,23H,8-11,13-14H2/t17-/m1/s1. The average Bonchev–Trinajstić information content (AvgIpc) is 3.07. The average molecular weight is 394 g/mol. The molecule has 3 rings (SSSR count). The highest BCUT2D eigenvalue weighted by Gasteiger charge is 2.27. The Bertz CT molecular complexity index is 858. The van der Waals surface area contributed by atoms with Crippen molar-refractivity contribution in [1.29, 1.82) is 0 Å². The van der Waals surface area contributed by atoms with Gasteiger partial charge < -0.3 is 9.84 Å². The zero-order chi connectivity index (χ0) is 19.3. The minimum atomic E-state index is -3.73. The van der Waals surface area contributed by atoms with Crippen LogP contribution in [-0.2, 0) is 16.6 Å². The third-order valence-corrected chi connectivity index (χ3v) is 5.91. The molecule has 2 aromatic carbocycles. The minimum absolute atomic E-state index is 0.0253. The van der Waals surface area contributed by atoms with Crippen molar-refractivity contribution in [2.75, 3.05) is 26.3 Å². The summed E-state index contributed by atoms with van der Waals surface area (Å²) in [5, 5.41) is 8.76. The molecular weight excluding hydrogens is 371 g/mol. The van der Waals surface area contributed by atoms with Crippen LogP contribution in [0.2, 0.25) is 0 Å². The van der Waals surface area contributed by atoms with Gasteiger partial charge in [-0.2, -0.15) is 0 Å². The Labute approximate surface area is 158 Å². The van der Waals surface area contributed by atoms with Gasteiger partial charge in [0.25, 0.3) is 0 Å². The molecule has 0 radical (unpaired) electrons. The highest BCUT2D eigenvalue weighted by molar-refractivity contribution is 7.89. The van der Waals surface area contributed by atoms with Crippen LogP contribution in [0.1, 0.15) is 12.0 Å². The normalized spacial score (nSPS) is 17.9.